The molecule has 4 N–H and O–H groups in total. The summed E-state index contributed by atoms with van der Waals surface area (Å²) in [5.41, 5.74) is 1.18. The highest BCUT2D eigenvalue weighted by atomic mass is 19.4. The minimum absolute atomic E-state index is 0. The topological polar surface area (TPSA) is 151 Å². The molecule has 0 aliphatic carbocycles. The number of amides is 1. The SMILES string of the molecule is COc1ccc(C(=O)Oc2ccc(CCn3c(NC(=O)c4ccc(C(F)(F)F)cc4)nc4cc(C(=O)O)ccc43)cc2)cc1.O. The first-order chi connectivity index (χ1) is 21.0. The van der Waals surface area contributed by atoms with Crippen LogP contribution in [0, 0.1) is 0 Å². The van der Waals surface area contributed by atoms with Gasteiger partial charge in [0.05, 0.1) is 34.8 Å². The van der Waals surface area contributed by atoms with Gasteiger partial charge in [0, 0.05) is 12.1 Å². The minimum atomic E-state index is -4.54. The van der Waals surface area contributed by atoms with Crippen molar-refractivity contribution in [3.05, 3.63) is 119 Å². The second kappa shape index (κ2) is 13.3. The van der Waals surface area contributed by atoms with Crippen LogP contribution in [0.3, 0.4) is 0 Å². The van der Waals surface area contributed by atoms with E-state index < -0.39 is 29.6 Å². The number of carboxylic acid groups (broad SMARTS) is 1. The van der Waals surface area contributed by atoms with Crippen molar-refractivity contribution in [2.75, 3.05) is 12.4 Å². The highest BCUT2D eigenvalue weighted by molar-refractivity contribution is 6.04. The Balaban J connectivity index is 0.00000461. The van der Waals surface area contributed by atoms with Gasteiger partial charge >= 0.3 is 18.1 Å². The largest absolute Gasteiger partial charge is 0.497 e. The Morgan fingerprint density at radius 1 is 0.844 bits per heavy atom. The van der Waals surface area contributed by atoms with Gasteiger partial charge < -0.3 is 24.6 Å². The van der Waals surface area contributed by atoms with Crippen molar-refractivity contribution in [2.45, 2.75) is 19.1 Å². The number of aromatic carboxylic acids is 1. The van der Waals surface area contributed by atoms with Gasteiger partial charge in [-0.1, -0.05) is 12.1 Å². The lowest BCUT2D eigenvalue weighted by Gasteiger charge is -2.12. The Morgan fingerprint density at radius 2 is 1.44 bits per heavy atom. The van der Waals surface area contributed by atoms with Gasteiger partial charge in [0.15, 0.2) is 0 Å². The molecular formula is C32H26F3N3O7. The summed E-state index contributed by atoms with van der Waals surface area (Å²) in [7, 11) is 1.53. The van der Waals surface area contributed by atoms with E-state index in [2.05, 4.69) is 10.3 Å². The zero-order chi connectivity index (χ0) is 31.4. The van der Waals surface area contributed by atoms with Crippen molar-refractivity contribution in [3.63, 3.8) is 0 Å². The van der Waals surface area contributed by atoms with Crippen LogP contribution < -0.4 is 14.8 Å². The fourth-order valence-corrected chi connectivity index (χ4v) is 4.43. The Morgan fingerprint density at radius 3 is 2.04 bits per heavy atom. The highest BCUT2D eigenvalue weighted by Crippen LogP contribution is 2.29. The fraction of sp³-hybridized carbons (Fsp3) is 0.125. The molecule has 0 atom stereocenters. The van der Waals surface area contributed by atoms with Crippen molar-refractivity contribution in [2.24, 2.45) is 0 Å². The number of ether oxygens (including phenoxy) is 2. The van der Waals surface area contributed by atoms with Gasteiger partial charge in [0.2, 0.25) is 5.95 Å². The second-order valence-corrected chi connectivity index (χ2v) is 9.64. The molecule has 10 nitrogen and oxygen atoms in total. The lowest BCUT2D eigenvalue weighted by molar-refractivity contribution is -0.137. The van der Waals surface area contributed by atoms with Crippen LogP contribution in [0.15, 0.2) is 91.0 Å². The maximum absolute atomic E-state index is 12.9. The van der Waals surface area contributed by atoms with Gasteiger partial charge in [-0.15, -0.1) is 0 Å². The Labute approximate surface area is 254 Å². The third-order valence-electron chi connectivity index (χ3n) is 6.78. The first kappa shape index (κ1) is 32.2. The van der Waals surface area contributed by atoms with E-state index in [1.807, 2.05) is 0 Å². The first-order valence-corrected chi connectivity index (χ1v) is 13.2. The molecule has 0 fully saturated rings. The number of aromatic nitrogens is 2. The molecule has 232 valence electrons. The summed E-state index contributed by atoms with van der Waals surface area (Å²) in [6.07, 6.45) is -4.09. The molecule has 1 amide bonds. The predicted octanol–water partition coefficient (Wildman–Crippen LogP) is 5.65. The summed E-state index contributed by atoms with van der Waals surface area (Å²) in [6.45, 7) is 0.302. The lowest BCUT2D eigenvalue weighted by Crippen LogP contribution is -2.17. The van der Waals surface area contributed by atoms with Crippen LogP contribution in [0.2, 0.25) is 0 Å². The van der Waals surface area contributed by atoms with Gasteiger partial charge in [-0.2, -0.15) is 13.2 Å². The molecule has 5 aromatic rings. The molecular weight excluding hydrogens is 595 g/mol. The van der Waals surface area contributed by atoms with Crippen molar-refractivity contribution in [1.29, 1.82) is 0 Å². The van der Waals surface area contributed by atoms with E-state index in [0.717, 1.165) is 29.8 Å². The van der Waals surface area contributed by atoms with Crippen LogP contribution in [-0.2, 0) is 19.1 Å². The number of hydrogen-bond donors (Lipinski definition) is 2. The molecule has 0 saturated heterocycles. The Bertz CT molecular complexity index is 1830. The quantitative estimate of drug-likeness (QED) is 0.159. The van der Waals surface area contributed by atoms with Crippen molar-refractivity contribution in [3.8, 4) is 11.5 Å². The number of halogens is 3. The summed E-state index contributed by atoms with van der Waals surface area (Å²) in [5, 5.41) is 12.0. The molecule has 5 rings (SSSR count). The molecule has 0 aliphatic rings. The first-order valence-electron chi connectivity index (χ1n) is 13.2. The maximum atomic E-state index is 12.9. The van der Waals surface area contributed by atoms with Crippen LogP contribution in [-0.4, -0.2) is 45.1 Å². The molecule has 0 saturated carbocycles. The number of rotatable bonds is 9. The van der Waals surface area contributed by atoms with Crippen LogP contribution in [0.25, 0.3) is 11.0 Å². The molecule has 4 aromatic carbocycles. The molecule has 0 bridgehead atoms. The van der Waals surface area contributed by atoms with E-state index in [4.69, 9.17) is 9.47 Å². The van der Waals surface area contributed by atoms with E-state index in [1.165, 1.54) is 19.2 Å². The summed E-state index contributed by atoms with van der Waals surface area (Å²) < 4.78 is 51.0. The number of fused-ring (bicyclic) bond motifs is 1. The van der Waals surface area contributed by atoms with Gasteiger partial charge in [-0.25, -0.2) is 14.6 Å². The van der Waals surface area contributed by atoms with Crippen LogP contribution in [0.4, 0.5) is 19.1 Å². The van der Waals surface area contributed by atoms with Gasteiger partial charge in [-0.3, -0.25) is 10.1 Å². The van der Waals surface area contributed by atoms with Gasteiger partial charge in [0.1, 0.15) is 11.5 Å². The van der Waals surface area contributed by atoms with Crippen molar-refractivity contribution in [1.82, 2.24) is 9.55 Å². The number of carbonyl (C=O) groups excluding carboxylic acids is 2. The smallest absolute Gasteiger partial charge is 0.416 e. The molecule has 45 heavy (non-hydrogen) atoms. The van der Waals surface area contributed by atoms with E-state index >= 15 is 0 Å². The number of nitrogens with zero attached hydrogens (tertiary/aromatic N) is 2. The predicted molar refractivity (Wildman–Crippen MR) is 158 cm³/mol. The van der Waals surface area contributed by atoms with E-state index in [1.54, 1.807) is 59.2 Å². The molecule has 1 heterocycles. The van der Waals surface area contributed by atoms with Crippen molar-refractivity contribution < 1.29 is 47.6 Å². The Hall–Kier alpha value is -5.69. The van der Waals surface area contributed by atoms with Crippen LogP contribution >= 0.6 is 0 Å². The number of imidazole rings is 1. The van der Waals surface area contributed by atoms with Gasteiger partial charge in [0.25, 0.3) is 5.91 Å². The van der Waals surface area contributed by atoms with Gasteiger partial charge in [-0.05, 0) is 90.8 Å². The molecule has 0 spiro atoms. The number of esters is 1. The second-order valence-electron chi connectivity index (χ2n) is 9.64. The van der Waals surface area contributed by atoms with Crippen molar-refractivity contribution >= 4 is 34.8 Å². The molecule has 0 aliphatic heterocycles. The number of nitrogens with one attached hydrogen (secondary N) is 1. The zero-order valence-electron chi connectivity index (χ0n) is 23.6. The number of aryl methyl sites for hydroxylation is 2. The third kappa shape index (κ3) is 7.46. The average Bonchev–Trinajstić information content (AvgIpc) is 3.36. The lowest BCUT2D eigenvalue weighted by atomic mass is 10.1. The standard InChI is InChI=1S/C32H24F3N3O6.H2O/c1-43-24-13-6-21(7-14-24)30(42)44-25-11-2-19(3-12-25)16-17-38-27-15-8-22(29(40)41)18-26(27)36-31(38)37-28(39)20-4-9-23(10-5-20)32(33,34)35;/h2-15,18H,16-17H2,1H3,(H,40,41)(H,36,37,39);1H2. The minimum Gasteiger partial charge on any atom is -0.497 e. The fourth-order valence-electron chi connectivity index (χ4n) is 4.43. The van der Waals surface area contributed by atoms with E-state index in [0.29, 0.717) is 41.1 Å². The molecule has 13 heteroatoms. The number of carboxylic acids is 1. The molecule has 1 aromatic heterocycles. The monoisotopic (exact) mass is 621 g/mol. The molecule has 0 unspecified atom stereocenters. The molecule has 0 radical (unpaired) electrons. The third-order valence-corrected chi connectivity index (χ3v) is 6.78. The number of carbonyl (C=O) groups is 3. The maximum Gasteiger partial charge on any atom is 0.416 e. The number of alkyl halides is 3. The summed E-state index contributed by atoms with van der Waals surface area (Å²) in [5.74, 6) is -1.31. The van der Waals surface area contributed by atoms with E-state index in [9.17, 15) is 32.7 Å². The Kier molecular flexibility index (Phi) is 9.53. The normalized spacial score (nSPS) is 11.0. The number of benzene rings is 4. The number of anilines is 1. The summed E-state index contributed by atoms with van der Waals surface area (Å²) in [4.78, 5) is 41.3. The highest BCUT2D eigenvalue weighted by Gasteiger charge is 2.30. The summed E-state index contributed by atoms with van der Waals surface area (Å²) >= 11 is 0. The van der Waals surface area contributed by atoms with E-state index in [-0.39, 0.29) is 22.6 Å². The van der Waals surface area contributed by atoms with Crippen LogP contribution in [0.1, 0.15) is 42.2 Å². The van der Waals surface area contributed by atoms with Crippen LogP contribution in [0.5, 0.6) is 11.5 Å². The number of methoxy groups -OCH3 is 1. The summed E-state index contributed by atoms with van der Waals surface area (Å²) in [6, 6.07) is 21.5. The zero-order valence-corrected chi connectivity index (χ0v) is 23.6. The number of hydrogen-bond acceptors (Lipinski definition) is 6. The average molecular weight is 622 g/mol.